The summed E-state index contributed by atoms with van der Waals surface area (Å²) in [6.07, 6.45) is 7.04. The van der Waals surface area contributed by atoms with Crippen LogP contribution in [0.3, 0.4) is 0 Å². The highest BCUT2D eigenvalue weighted by Crippen LogP contribution is 2.37. The summed E-state index contributed by atoms with van der Waals surface area (Å²) in [7, 11) is 0. The van der Waals surface area contributed by atoms with E-state index in [2.05, 4.69) is 34.6 Å². The third-order valence-electron chi connectivity index (χ3n) is 2.45. The molecular formula is C12H26. The highest BCUT2D eigenvalue weighted by atomic mass is 14.3. The molecule has 0 aliphatic heterocycles. The molecule has 1 aliphatic rings. The third kappa shape index (κ3) is 5.62. The van der Waals surface area contributed by atoms with Gasteiger partial charge >= 0.3 is 0 Å². The van der Waals surface area contributed by atoms with Gasteiger partial charge < -0.3 is 0 Å². The predicted molar refractivity (Wildman–Crippen MR) is 57.4 cm³/mol. The molecule has 0 saturated heterocycles. The van der Waals surface area contributed by atoms with E-state index >= 15 is 0 Å². The smallest absolute Gasteiger partial charge is 0.0352 e. The fourth-order valence-electron chi connectivity index (χ4n) is 2.08. The molecule has 0 heteroatoms. The zero-order chi connectivity index (χ0) is 9.61. The Morgan fingerprint density at radius 3 is 2.00 bits per heavy atom. The van der Waals surface area contributed by atoms with Gasteiger partial charge in [0.15, 0.2) is 0 Å². The molecule has 0 bridgehead atoms. The first-order valence-corrected chi connectivity index (χ1v) is 5.52. The summed E-state index contributed by atoms with van der Waals surface area (Å²) in [6.45, 7) is 11.4. The van der Waals surface area contributed by atoms with Crippen LogP contribution in [0.4, 0.5) is 0 Å². The van der Waals surface area contributed by atoms with Gasteiger partial charge in [-0.15, -0.1) is 0 Å². The molecule has 0 nitrogen and oxygen atoms in total. The lowest BCUT2D eigenvalue weighted by molar-refractivity contribution is 0.191. The van der Waals surface area contributed by atoms with Gasteiger partial charge in [-0.25, -0.2) is 0 Å². The van der Waals surface area contributed by atoms with Crippen LogP contribution in [0.1, 0.15) is 66.7 Å². The molecule has 74 valence electrons. The van der Waals surface area contributed by atoms with Crippen LogP contribution in [0.15, 0.2) is 0 Å². The van der Waals surface area contributed by atoms with E-state index < -0.39 is 0 Å². The highest BCUT2D eigenvalue weighted by Gasteiger charge is 2.24. The van der Waals surface area contributed by atoms with Gasteiger partial charge in [0, 0.05) is 0 Å². The van der Waals surface area contributed by atoms with Gasteiger partial charge in [-0.1, -0.05) is 53.9 Å². The van der Waals surface area contributed by atoms with E-state index in [0.717, 1.165) is 5.92 Å². The quantitative estimate of drug-likeness (QED) is 0.497. The molecule has 1 unspecified atom stereocenters. The predicted octanol–water partition coefficient (Wildman–Crippen LogP) is 4.64. The van der Waals surface area contributed by atoms with Crippen molar-refractivity contribution in [3.8, 4) is 0 Å². The van der Waals surface area contributed by atoms with Crippen LogP contribution in [-0.4, -0.2) is 0 Å². The van der Waals surface area contributed by atoms with E-state index in [1.54, 1.807) is 0 Å². The van der Waals surface area contributed by atoms with Gasteiger partial charge in [0.2, 0.25) is 0 Å². The van der Waals surface area contributed by atoms with E-state index in [0.29, 0.717) is 5.41 Å². The van der Waals surface area contributed by atoms with Crippen LogP contribution in [0.25, 0.3) is 0 Å². The van der Waals surface area contributed by atoms with Crippen LogP contribution in [0.2, 0.25) is 0 Å². The van der Waals surface area contributed by atoms with Crippen molar-refractivity contribution in [2.24, 2.45) is 11.3 Å². The minimum Gasteiger partial charge on any atom is -0.0656 e. The van der Waals surface area contributed by atoms with Crippen LogP contribution < -0.4 is 0 Å². The van der Waals surface area contributed by atoms with Crippen molar-refractivity contribution in [3.63, 3.8) is 0 Å². The van der Waals surface area contributed by atoms with Gasteiger partial charge in [0.05, 0.1) is 0 Å². The van der Waals surface area contributed by atoms with Crippen LogP contribution in [-0.2, 0) is 0 Å². The standard InChI is InChI=1S/C9H18.C3H8/c1-8-5-4-6-9(2,3)7-8;1-3-2/h8H,4-7H2,1-3H3;3H2,1-2H3. The second kappa shape index (κ2) is 5.61. The molecule has 0 aromatic rings. The van der Waals surface area contributed by atoms with Crippen molar-refractivity contribution in [1.82, 2.24) is 0 Å². The molecule has 0 spiro atoms. The Labute approximate surface area is 78.8 Å². The fraction of sp³-hybridized carbons (Fsp3) is 1.00. The molecule has 0 aromatic heterocycles. The summed E-state index contributed by atoms with van der Waals surface area (Å²) in [6, 6.07) is 0. The topological polar surface area (TPSA) is 0 Å². The second-order valence-electron chi connectivity index (χ2n) is 5.07. The lowest BCUT2D eigenvalue weighted by Gasteiger charge is -2.33. The molecule has 1 atom stereocenters. The first-order valence-electron chi connectivity index (χ1n) is 5.52. The summed E-state index contributed by atoms with van der Waals surface area (Å²) in [4.78, 5) is 0. The van der Waals surface area contributed by atoms with Crippen molar-refractivity contribution < 1.29 is 0 Å². The molecule has 1 saturated carbocycles. The lowest BCUT2D eigenvalue weighted by atomic mass is 9.73. The summed E-state index contributed by atoms with van der Waals surface area (Å²) in [5.41, 5.74) is 0.650. The van der Waals surface area contributed by atoms with E-state index in [1.807, 2.05) is 0 Å². The Morgan fingerprint density at radius 2 is 1.75 bits per heavy atom. The molecule has 0 amide bonds. The minimum absolute atomic E-state index is 0.650. The van der Waals surface area contributed by atoms with Gasteiger partial charge in [0.25, 0.3) is 0 Å². The summed E-state index contributed by atoms with van der Waals surface area (Å²) >= 11 is 0. The molecule has 0 N–H and O–H groups in total. The van der Waals surface area contributed by atoms with Gasteiger partial charge in [0.1, 0.15) is 0 Å². The Hall–Kier alpha value is 0. The second-order valence-corrected chi connectivity index (χ2v) is 5.07. The molecule has 1 fully saturated rings. The van der Waals surface area contributed by atoms with Gasteiger partial charge in [-0.3, -0.25) is 0 Å². The summed E-state index contributed by atoms with van der Waals surface area (Å²) in [5, 5.41) is 0. The van der Waals surface area contributed by atoms with Crippen LogP contribution in [0.5, 0.6) is 0 Å². The summed E-state index contributed by atoms with van der Waals surface area (Å²) < 4.78 is 0. The Morgan fingerprint density at radius 1 is 1.25 bits per heavy atom. The SMILES string of the molecule is CC1CCCC(C)(C)C1.CCC. The van der Waals surface area contributed by atoms with E-state index in [9.17, 15) is 0 Å². The zero-order valence-corrected chi connectivity index (χ0v) is 9.61. The molecular weight excluding hydrogens is 144 g/mol. The van der Waals surface area contributed by atoms with Crippen LogP contribution in [0, 0.1) is 11.3 Å². The van der Waals surface area contributed by atoms with E-state index in [-0.39, 0.29) is 0 Å². The maximum atomic E-state index is 2.39. The van der Waals surface area contributed by atoms with Crippen molar-refractivity contribution in [2.45, 2.75) is 66.7 Å². The number of rotatable bonds is 0. The zero-order valence-electron chi connectivity index (χ0n) is 9.61. The average Bonchev–Trinajstić information content (AvgIpc) is 1.85. The molecule has 0 heterocycles. The molecule has 1 aliphatic carbocycles. The monoisotopic (exact) mass is 170 g/mol. The Bertz CT molecular complexity index is 103. The number of hydrogen-bond acceptors (Lipinski definition) is 0. The van der Waals surface area contributed by atoms with Crippen LogP contribution >= 0.6 is 0 Å². The molecule has 0 aromatic carbocycles. The minimum atomic E-state index is 0.650. The largest absolute Gasteiger partial charge is 0.0656 e. The van der Waals surface area contributed by atoms with E-state index in [1.165, 1.54) is 32.1 Å². The third-order valence-corrected chi connectivity index (χ3v) is 2.45. The van der Waals surface area contributed by atoms with Crippen molar-refractivity contribution in [1.29, 1.82) is 0 Å². The van der Waals surface area contributed by atoms with Crippen molar-refractivity contribution in [3.05, 3.63) is 0 Å². The summed E-state index contributed by atoms with van der Waals surface area (Å²) in [5.74, 6) is 0.980. The van der Waals surface area contributed by atoms with Crippen molar-refractivity contribution >= 4 is 0 Å². The fourth-order valence-corrected chi connectivity index (χ4v) is 2.08. The van der Waals surface area contributed by atoms with Gasteiger partial charge in [-0.05, 0) is 24.2 Å². The Balaban J connectivity index is 0.000000354. The van der Waals surface area contributed by atoms with E-state index in [4.69, 9.17) is 0 Å². The highest BCUT2D eigenvalue weighted by molar-refractivity contribution is 4.76. The molecule has 1 rings (SSSR count). The first-order chi connectivity index (χ1) is 5.52. The first kappa shape index (κ1) is 12.0. The maximum Gasteiger partial charge on any atom is -0.0352 e. The van der Waals surface area contributed by atoms with Gasteiger partial charge in [-0.2, -0.15) is 0 Å². The lowest BCUT2D eigenvalue weighted by Crippen LogP contribution is -2.20. The Kier molecular flexibility index (Phi) is 5.61. The molecule has 12 heavy (non-hydrogen) atoms. The van der Waals surface area contributed by atoms with Crippen molar-refractivity contribution in [2.75, 3.05) is 0 Å². The maximum absolute atomic E-state index is 2.39. The molecule has 0 radical (unpaired) electrons. The number of hydrogen-bond donors (Lipinski definition) is 0. The average molecular weight is 170 g/mol. The normalized spacial score (nSPS) is 27.2.